The van der Waals surface area contributed by atoms with E-state index in [2.05, 4.69) is 5.32 Å². The highest BCUT2D eigenvalue weighted by Crippen LogP contribution is 2.35. The van der Waals surface area contributed by atoms with Crippen LogP contribution in [0.4, 0.5) is 11.4 Å². The molecule has 8 heteroatoms. The molecule has 0 fully saturated rings. The van der Waals surface area contributed by atoms with Gasteiger partial charge in [-0.2, -0.15) is 8.42 Å². The van der Waals surface area contributed by atoms with E-state index >= 15 is 0 Å². The van der Waals surface area contributed by atoms with E-state index in [1.54, 1.807) is 18.2 Å². The second-order valence-electron chi connectivity index (χ2n) is 5.37. The number of phenols is 1. The number of fused-ring (bicyclic) bond motifs is 1. The van der Waals surface area contributed by atoms with Gasteiger partial charge in [-0.25, -0.2) is 0 Å². The monoisotopic (exact) mass is 358 g/mol. The van der Waals surface area contributed by atoms with Crippen molar-refractivity contribution in [3.63, 3.8) is 0 Å². The summed E-state index contributed by atoms with van der Waals surface area (Å²) < 4.78 is 32.4. The van der Waals surface area contributed by atoms with Gasteiger partial charge in [-0.3, -0.25) is 9.35 Å². The van der Waals surface area contributed by atoms with E-state index in [-0.39, 0.29) is 22.2 Å². The molecule has 5 N–H and O–H groups in total. The van der Waals surface area contributed by atoms with Crippen LogP contribution in [0.3, 0.4) is 0 Å². The predicted molar refractivity (Wildman–Crippen MR) is 94.2 cm³/mol. The third kappa shape index (κ3) is 3.25. The Labute approximate surface area is 143 Å². The third-order valence-electron chi connectivity index (χ3n) is 3.66. The average molecular weight is 358 g/mol. The number of hydrogen-bond acceptors (Lipinski definition) is 5. The molecule has 0 atom stereocenters. The van der Waals surface area contributed by atoms with Crippen LogP contribution in [-0.2, 0) is 10.1 Å². The van der Waals surface area contributed by atoms with Gasteiger partial charge < -0.3 is 16.2 Å². The van der Waals surface area contributed by atoms with Crippen LogP contribution < -0.4 is 11.1 Å². The summed E-state index contributed by atoms with van der Waals surface area (Å²) in [5.74, 6) is -0.776. The lowest BCUT2D eigenvalue weighted by atomic mass is 10.1. The molecule has 3 aromatic rings. The lowest BCUT2D eigenvalue weighted by Crippen LogP contribution is -2.13. The second-order valence-corrected chi connectivity index (χ2v) is 6.76. The molecule has 7 nitrogen and oxygen atoms in total. The molecule has 0 aliphatic rings. The Morgan fingerprint density at radius 2 is 1.76 bits per heavy atom. The van der Waals surface area contributed by atoms with Crippen LogP contribution >= 0.6 is 0 Å². The fourth-order valence-corrected chi connectivity index (χ4v) is 3.27. The minimum Gasteiger partial charge on any atom is -0.507 e. The molecular formula is C17H14N2O5S. The Bertz CT molecular complexity index is 1090. The fraction of sp³-hybridized carbons (Fsp3) is 0. The summed E-state index contributed by atoms with van der Waals surface area (Å²) in [7, 11) is -4.54. The summed E-state index contributed by atoms with van der Waals surface area (Å²) in [6.45, 7) is 0. The number of nitrogen functional groups attached to an aromatic ring is 1. The van der Waals surface area contributed by atoms with Crippen LogP contribution in [0.2, 0.25) is 0 Å². The van der Waals surface area contributed by atoms with Crippen LogP contribution in [-0.4, -0.2) is 24.0 Å². The van der Waals surface area contributed by atoms with Crippen molar-refractivity contribution in [1.29, 1.82) is 0 Å². The topological polar surface area (TPSA) is 130 Å². The smallest absolute Gasteiger partial charge is 0.295 e. The average Bonchev–Trinajstić information content (AvgIpc) is 2.54. The zero-order chi connectivity index (χ0) is 18.2. The number of aromatic hydroxyl groups is 1. The van der Waals surface area contributed by atoms with Crippen molar-refractivity contribution in [3.8, 4) is 5.75 Å². The van der Waals surface area contributed by atoms with E-state index in [9.17, 15) is 22.9 Å². The zero-order valence-corrected chi connectivity index (χ0v) is 13.6. The molecule has 0 aliphatic carbocycles. The van der Waals surface area contributed by atoms with E-state index < -0.39 is 20.9 Å². The largest absolute Gasteiger partial charge is 0.507 e. The molecule has 128 valence electrons. The molecule has 0 heterocycles. The maximum Gasteiger partial charge on any atom is 0.295 e. The van der Waals surface area contributed by atoms with Gasteiger partial charge in [0.2, 0.25) is 0 Å². The van der Waals surface area contributed by atoms with E-state index in [0.29, 0.717) is 11.3 Å². The number of rotatable bonds is 3. The number of phenolic OH excluding ortho intramolecular Hbond substituents is 1. The maximum atomic E-state index is 12.4. The summed E-state index contributed by atoms with van der Waals surface area (Å²) in [5, 5.41) is 12.9. The van der Waals surface area contributed by atoms with Crippen LogP contribution in [0.1, 0.15) is 10.4 Å². The molecule has 0 saturated carbocycles. The van der Waals surface area contributed by atoms with Gasteiger partial charge in [0.25, 0.3) is 16.0 Å². The third-order valence-corrected chi connectivity index (χ3v) is 4.55. The Hall–Kier alpha value is -3.10. The number of nitrogens with one attached hydrogen (secondary N) is 1. The number of nitrogens with two attached hydrogens (primary N) is 1. The van der Waals surface area contributed by atoms with Crippen molar-refractivity contribution >= 4 is 38.2 Å². The predicted octanol–water partition coefficient (Wildman–Crippen LogP) is 2.63. The standard InChI is InChI=1S/C17H14N2O5S/c18-11-4-1-3-10(9-11)17(21)19-13-7-8-15(25(22,23)24)16-12(13)5-2-6-14(16)20/h1-9,20H,18H2,(H,19,21)(H,22,23,24). The normalized spacial score (nSPS) is 11.4. The first-order chi connectivity index (χ1) is 11.8. The van der Waals surface area contributed by atoms with Crippen molar-refractivity contribution < 1.29 is 22.9 Å². The Morgan fingerprint density at radius 3 is 2.44 bits per heavy atom. The van der Waals surface area contributed by atoms with Gasteiger partial charge in [-0.1, -0.05) is 18.2 Å². The van der Waals surface area contributed by atoms with Gasteiger partial charge in [0.1, 0.15) is 10.6 Å². The van der Waals surface area contributed by atoms with Gasteiger partial charge >= 0.3 is 0 Å². The van der Waals surface area contributed by atoms with Crippen LogP contribution in [0.25, 0.3) is 10.8 Å². The van der Waals surface area contributed by atoms with Gasteiger partial charge in [0.15, 0.2) is 0 Å². The van der Waals surface area contributed by atoms with E-state index in [1.807, 2.05) is 0 Å². The molecule has 25 heavy (non-hydrogen) atoms. The minimum absolute atomic E-state index is 0.0737. The molecule has 0 unspecified atom stereocenters. The van der Waals surface area contributed by atoms with Gasteiger partial charge in [-0.15, -0.1) is 0 Å². The highest BCUT2D eigenvalue weighted by Gasteiger charge is 2.19. The summed E-state index contributed by atoms with van der Waals surface area (Å²) in [6, 6.07) is 13.1. The van der Waals surface area contributed by atoms with E-state index in [4.69, 9.17) is 5.73 Å². The number of hydrogen-bond donors (Lipinski definition) is 4. The molecule has 0 saturated heterocycles. The molecule has 0 aliphatic heterocycles. The van der Waals surface area contributed by atoms with Gasteiger partial charge in [0, 0.05) is 27.7 Å². The molecule has 0 aromatic heterocycles. The first-order valence-corrected chi connectivity index (χ1v) is 8.60. The SMILES string of the molecule is Nc1cccc(C(=O)Nc2ccc(S(=O)(=O)O)c3c(O)cccc23)c1. The Balaban J connectivity index is 2.12. The quantitative estimate of drug-likeness (QED) is 0.421. The highest BCUT2D eigenvalue weighted by molar-refractivity contribution is 7.86. The summed E-state index contributed by atoms with van der Waals surface area (Å²) in [6.07, 6.45) is 0. The molecule has 0 radical (unpaired) electrons. The Morgan fingerprint density at radius 1 is 1.04 bits per heavy atom. The lowest BCUT2D eigenvalue weighted by molar-refractivity contribution is 0.102. The second kappa shape index (κ2) is 6.08. The fourth-order valence-electron chi connectivity index (χ4n) is 2.55. The number of amides is 1. The van der Waals surface area contributed by atoms with Crippen molar-refractivity contribution in [3.05, 3.63) is 60.2 Å². The summed E-state index contributed by atoms with van der Waals surface area (Å²) in [5.41, 5.74) is 6.70. The van der Waals surface area contributed by atoms with Gasteiger partial charge in [-0.05, 0) is 36.4 Å². The first kappa shape index (κ1) is 16.7. The minimum atomic E-state index is -4.54. The maximum absolute atomic E-state index is 12.4. The van der Waals surface area contributed by atoms with Crippen molar-refractivity contribution in [2.75, 3.05) is 11.1 Å². The molecule has 1 amide bonds. The van der Waals surface area contributed by atoms with Crippen molar-refractivity contribution in [2.24, 2.45) is 0 Å². The molecule has 3 rings (SSSR count). The molecule has 3 aromatic carbocycles. The Kier molecular flexibility index (Phi) is 4.07. The van der Waals surface area contributed by atoms with Gasteiger partial charge in [0.05, 0.1) is 0 Å². The highest BCUT2D eigenvalue weighted by atomic mass is 32.2. The first-order valence-electron chi connectivity index (χ1n) is 7.16. The van der Waals surface area contributed by atoms with E-state index in [1.165, 1.54) is 30.3 Å². The number of carbonyl (C=O) groups is 1. The van der Waals surface area contributed by atoms with Crippen LogP contribution in [0.5, 0.6) is 5.75 Å². The van der Waals surface area contributed by atoms with Crippen molar-refractivity contribution in [2.45, 2.75) is 4.90 Å². The molecular weight excluding hydrogens is 344 g/mol. The van der Waals surface area contributed by atoms with E-state index in [0.717, 1.165) is 6.07 Å². The number of anilines is 2. The lowest BCUT2D eigenvalue weighted by Gasteiger charge is -2.12. The molecule has 0 spiro atoms. The van der Waals surface area contributed by atoms with Crippen molar-refractivity contribution in [1.82, 2.24) is 0 Å². The summed E-state index contributed by atoms with van der Waals surface area (Å²) >= 11 is 0. The number of benzene rings is 3. The van der Waals surface area contributed by atoms with Crippen LogP contribution in [0, 0.1) is 0 Å². The number of carbonyl (C=O) groups excluding carboxylic acids is 1. The zero-order valence-electron chi connectivity index (χ0n) is 12.8. The molecule has 0 bridgehead atoms. The van der Waals surface area contributed by atoms with Crippen LogP contribution in [0.15, 0.2) is 59.5 Å². The summed E-state index contributed by atoms with van der Waals surface area (Å²) in [4.78, 5) is 11.9.